The Morgan fingerprint density at radius 1 is 1.13 bits per heavy atom. The van der Waals surface area contributed by atoms with Crippen LogP contribution in [0.1, 0.15) is 39.0 Å². The summed E-state index contributed by atoms with van der Waals surface area (Å²) < 4.78 is 13.7. The first kappa shape index (κ1) is 19.3. The Morgan fingerprint density at radius 3 is 2.80 bits per heavy atom. The van der Waals surface area contributed by atoms with Crippen LogP contribution in [-0.2, 0) is 11.8 Å². The van der Waals surface area contributed by atoms with Gasteiger partial charge < -0.3 is 14.8 Å². The molecule has 7 heteroatoms. The number of fused-ring (bicyclic) bond motifs is 1. The van der Waals surface area contributed by atoms with Crippen molar-refractivity contribution in [3.63, 3.8) is 0 Å². The molecule has 1 unspecified atom stereocenters. The molecule has 0 spiro atoms. The second-order valence-electron chi connectivity index (χ2n) is 8.66. The normalized spacial score (nSPS) is 24.3. The predicted octanol–water partition coefficient (Wildman–Crippen LogP) is 4.19. The molecule has 1 N–H and O–H groups in total. The molecule has 3 aromatic rings. The fraction of sp³-hybridized carbons (Fsp3) is 0.522. The summed E-state index contributed by atoms with van der Waals surface area (Å²) in [5.74, 6) is 2.08. The van der Waals surface area contributed by atoms with Gasteiger partial charge in [-0.05, 0) is 49.3 Å². The number of nitrogens with one attached hydrogen (secondary N) is 1. The first-order valence-corrected chi connectivity index (χ1v) is 11.0. The van der Waals surface area contributed by atoms with Crippen molar-refractivity contribution in [2.24, 2.45) is 13.0 Å². The average Bonchev–Trinajstić information content (AvgIpc) is 3.40. The summed E-state index contributed by atoms with van der Waals surface area (Å²) in [6.45, 7) is 3.67. The van der Waals surface area contributed by atoms with Gasteiger partial charge in [-0.15, -0.1) is 0 Å². The average molecular weight is 408 g/mol. The topological polar surface area (TPSA) is 74.1 Å². The molecule has 2 aromatic heterocycles. The van der Waals surface area contributed by atoms with Gasteiger partial charge in [0.15, 0.2) is 0 Å². The van der Waals surface area contributed by atoms with Gasteiger partial charge in [0, 0.05) is 31.1 Å². The number of anilines is 1. The van der Waals surface area contributed by atoms with Gasteiger partial charge in [-0.1, -0.05) is 13.0 Å². The van der Waals surface area contributed by atoms with Crippen molar-refractivity contribution in [1.29, 1.82) is 0 Å². The molecule has 0 bridgehead atoms. The van der Waals surface area contributed by atoms with Crippen LogP contribution in [0.5, 0.6) is 5.88 Å². The predicted molar refractivity (Wildman–Crippen MR) is 117 cm³/mol. The van der Waals surface area contributed by atoms with Crippen LogP contribution in [0.3, 0.4) is 0 Å². The molecular formula is C23H29N5O2. The first-order valence-electron chi connectivity index (χ1n) is 11.0. The maximum atomic E-state index is 6.29. The van der Waals surface area contributed by atoms with E-state index in [4.69, 9.17) is 14.5 Å². The third-order valence-corrected chi connectivity index (χ3v) is 6.33. The second kappa shape index (κ2) is 8.22. The highest BCUT2D eigenvalue weighted by Crippen LogP contribution is 2.33. The van der Waals surface area contributed by atoms with E-state index in [0.29, 0.717) is 24.5 Å². The van der Waals surface area contributed by atoms with E-state index in [1.54, 1.807) is 0 Å². The van der Waals surface area contributed by atoms with Crippen molar-refractivity contribution < 1.29 is 9.47 Å². The fourth-order valence-electron chi connectivity index (χ4n) is 4.41. The smallest absolute Gasteiger partial charge is 0.226 e. The monoisotopic (exact) mass is 407 g/mol. The number of rotatable bonds is 5. The Kier molecular flexibility index (Phi) is 5.29. The van der Waals surface area contributed by atoms with Gasteiger partial charge in [-0.2, -0.15) is 10.1 Å². The number of hydrogen-bond donors (Lipinski definition) is 1. The van der Waals surface area contributed by atoms with Gasteiger partial charge in [0.2, 0.25) is 11.8 Å². The van der Waals surface area contributed by atoms with Gasteiger partial charge >= 0.3 is 0 Å². The van der Waals surface area contributed by atoms with Crippen LogP contribution in [0.15, 0.2) is 30.6 Å². The highest BCUT2D eigenvalue weighted by atomic mass is 16.5. The standard InChI is InChI=1S/C23H29N5O2/c1-15-3-6-18(7-4-15)26-23-24-13-20(22(27-23)30-19-9-10-29-14-19)16-5-8-21-17(11-16)12-25-28(21)2/h5,8,11-13,15,18-19H,3-4,6-7,9-10,14H2,1-2H3,(H,24,26,27). The summed E-state index contributed by atoms with van der Waals surface area (Å²) in [4.78, 5) is 9.42. The summed E-state index contributed by atoms with van der Waals surface area (Å²) in [6, 6.07) is 6.71. The minimum atomic E-state index is 0.0316. The summed E-state index contributed by atoms with van der Waals surface area (Å²) in [6.07, 6.45) is 9.51. The van der Waals surface area contributed by atoms with E-state index in [1.807, 2.05) is 24.1 Å². The van der Waals surface area contributed by atoms with Crippen molar-refractivity contribution in [3.05, 3.63) is 30.6 Å². The molecule has 2 aliphatic rings. The summed E-state index contributed by atoms with van der Waals surface area (Å²) in [7, 11) is 1.95. The van der Waals surface area contributed by atoms with E-state index < -0.39 is 0 Å². The largest absolute Gasteiger partial charge is 0.471 e. The lowest BCUT2D eigenvalue weighted by Crippen LogP contribution is -2.26. The Bertz CT molecular complexity index is 1020. The zero-order valence-corrected chi connectivity index (χ0v) is 17.7. The van der Waals surface area contributed by atoms with Crippen LogP contribution in [0.25, 0.3) is 22.0 Å². The Labute approximate surface area is 176 Å². The lowest BCUT2D eigenvalue weighted by atomic mass is 9.87. The van der Waals surface area contributed by atoms with Crippen LogP contribution in [0, 0.1) is 5.92 Å². The van der Waals surface area contributed by atoms with E-state index in [0.717, 1.165) is 53.8 Å². The van der Waals surface area contributed by atoms with Gasteiger partial charge in [0.05, 0.1) is 30.5 Å². The Hall–Kier alpha value is -2.67. The van der Waals surface area contributed by atoms with Crippen LogP contribution in [0.2, 0.25) is 0 Å². The molecule has 1 saturated carbocycles. The van der Waals surface area contributed by atoms with E-state index >= 15 is 0 Å². The molecule has 1 aliphatic carbocycles. The SMILES string of the molecule is CC1CCC(Nc2ncc(-c3ccc4c(cnn4C)c3)c(OC3CCOC3)n2)CC1. The molecule has 158 valence electrons. The highest BCUT2D eigenvalue weighted by molar-refractivity contribution is 5.85. The highest BCUT2D eigenvalue weighted by Gasteiger charge is 2.23. The van der Waals surface area contributed by atoms with Gasteiger partial charge in [0.1, 0.15) is 6.10 Å². The maximum absolute atomic E-state index is 6.29. The molecule has 5 rings (SSSR count). The third kappa shape index (κ3) is 3.99. The molecule has 0 amide bonds. The molecule has 30 heavy (non-hydrogen) atoms. The summed E-state index contributed by atoms with van der Waals surface area (Å²) in [5, 5.41) is 8.97. The molecular weight excluding hydrogens is 378 g/mol. The summed E-state index contributed by atoms with van der Waals surface area (Å²) >= 11 is 0. The van der Waals surface area contributed by atoms with Crippen molar-refractivity contribution in [1.82, 2.24) is 19.7 Å². The molecule has 1 aliphatic heterocycles. The molecule has 0 radical (unpaired) electrons. The fourth-order valence-corrected chi connectivity index (χ4v) is 4.41. The lowest BCUT2D eigenvalue weighted by Gasteiger charge is -2.27. The van der Waals surface area contributed by atoms with Gasteiger partial charge in [0.25, 0.3) is 0 Å². The molecule has 1 saturated heterocycles. The van der Waals surface area contributed by atoms with E-state index in [2.05, 4.69) is 40.5 Å². The number of aryl methyl sites for hydroxylation is 1. The zero-order chi connectivity index (χ0) is 20.5. The number of aromatic nitrogens is 4. The first-order chi connectivity index (χ1) is 14.7. The van der Waals surface area contributed by atoms with E-state index in [9.17, 15) is 0 Å². The van der Waals surface area contributed by atoms with Crippen molar-refractivity contribution in [2.75, 3.05) is 18.5 Å². The quantitative estimate of drug-likeness (QED) is 0.684. The maximum Gasteiger partial charge on any atom is 0.226 e. The minimum Gasteiger partial charge on any atom is -0.471 e. The molecule has 1 aromatic carbocycles. The molecule has 1 atom stereocenters. The number of ether oxygens (including phenoxy) is 2. The number of benzene rings is 1. The van der Waals surface area contributed by atoms with Crippen molar-refractivity contribution in [3.8, 4) is 17.0 Å². The Morgan fingerprint density at radius 2 is 2.00 bits per heavy atom. The van der Waals surface area contributed by atoms with E-state index in [1.165, 1.54) is 12.8 Å². The molecule has 2 fully saturated rings. The summed E-state index contributed by atoms with van der Waals surface area (Å²) in [5.41, 5.74) is 3.02. The van der Waals surface area contributed by atoms with Gasteiger partial charge in [-0.25, -0.2) is 4.98 Å². The van der Waals surface area contributed by atoms with Crippen molar-refractivity contribution >= 4 is 16.9 Å². The van der Waals surface area contributed by atoms with Crippen LogP contribution in [0.4, 0.5) is 5.95 Å². The van der Waals surface area contributed by atoms with Crippen LogP contribution in [-0.4, -0.2) is 45.1 Å². The van der Waals surface area contributed by atoms with Crippen LogP contribution < -0.4 is 10.1 Å². The van der Waals surface area contributed by atoms with E-state index in [-0.39, 0.29) is 6.10 Å². The van der Waals surface area contributed by atoms with Crippen molar-refractivity contribution in [2.45, 2.75) is 51.2 Å². The van der Waals surface area contributed by atoms with Crippen LogP contribution >= 0.6 is 0 Å². The minimum absolute atomic E-state index is 0.0316. The lowest BCUT2D eigenvalue weighted by molar-refractivity contribution is 0.138. The second-order valence-corrected chi connectivity index (χ2v) is 8.66. The van der Waals surface area contributed by atoms with Gasteiger partial charge in [-0.3, -0.25) is 4.68 Å². The molecule has 7 nitrogen and oxygen atoms in total. The zero-order valence-electron chi connectivity index (χ0n) is 17.7. The number of nitrogens with zero attached hydrogens (tertiary/aromatic N) is 4. The Balaban J connectivity index is 1.45. The number of hydrogen-bond acceptors (Lipinski definition) is 6. The third-order valence-electron chi connectivity index (χ3n) is 6.33. The molecule has 3 heterocycles.